The third kappa shape index (κ3) is 3.39. The number of hydrogen-bond donors (Lipinski definition) is 0. The highest BCUT2D eigenvalue weighted by Crippen LogP contribution is 2.38. The van der Waals surface area contributed by atoms with Crippen LogP contribution in [0, 0.1) is 0 Å². The van der Waals surface area contributed by atoms with Crippen molar-refractivity contribution in [3.63, 3.8) is 0 Å². The van der Waals surface area contributed by atoms with Crippen molar-refractivity contribution in [2.45, 2.75) is 17.9 Å². The zero-order valence-corrected chi connectivity index (χ0v) is 18.7. The van der Waals surface area contributed by atoms with Crippen molar-refractivity contribution >= 4 is 32.6 Å². The molecule has 0 radical (unpaired) electrons. The van der Waals surface area contributed by atoms with Crippen molar-refractivity contribution in [2.24, 2.45) is 0 Å². The molecule has 2 heterocycles. The average Bonchev–Trinajstić information content (AvgIpc) is 3.07. The monoisotopic (exact) mass is 457 g/mol. The molecule has 4 aromatic rings. The van der Waals surface area contributed by atoms with Crippen molar-refractivity contribution in [3.05, 3.63) is 89.6 Å². The number of carbonyl (C=O) groups is 2. The average molecular weight is 458 g/mol. The molecule has 33 heavy (non-hydrogen) atoms. The number of carbonyl (C=O) groups excluding carboxylic acids is 2. The van der Waals surface area contributed by atoms with Gasteiger partial charge in [-0.3, -0.25) is 14.5 Å². The minimum absolute atomic E-state index is 0.201. The maximum atomic E-state index is 13.1. The highest BCUT2D eigenvalue weighted by atomic mass is 32.2. The van der Waals surface area contributed by atoms with Crippen molar-refractivity contribution < 1.29 is 18.0 Å². The smallest absolute Gasteiger partial charge is 0.262 e. The second-order valence-electron chi connectivity index (χ2n) is 7.98. The van der Waals surface area contributed by atoms with Crippen LogP contribution in [0.15, 0.2) is 77.7 Å². The minimum atomic E-state index is -3.35. The Morgan fingerprint density at radius 2 is 1.36 bits per heavy atom. The number of amides is 2. The van der Waals surface area contributed by atoms with E-state index in [1.165, 1.54) is 17.0 Å². The second kappa shape index (κ2) is 7.60. The summed E-state index contributed by atoms with van der Waals surface area (Å²) in [7, 11) is -3.35. The standard InChI is InChI=1S/C25H19N3O4S/c1-15(28-24(29)18-7-3-4-8-19(18)25(28)30)23-22(20-9-5-6-10-21(20)26-27-23)16-11-13-17(14-12-16)33(2,31)32/h3-15H,1-2H3. The molecule has 1 atom stereocenters. The highest BCUT2D eigenvalue weighted by molar-refractivity contribution is 7.90. The number of nitrogens with zero attached hydrogens (tertiary/aromatic N) is 3. The van der Waals surface area contributed by atoms with Crippen LogP contribution in [0.5, 0.6) is 0 Å². The first-order valence-electron chi connectivity index (χ1n) is 10.3. The Morgan fingerprint density at radius 1 is 0.788 bits per heavy atom. The summed E-state index contributed by atoms with van der Waals surface area (Å²) in [6, 6.07) is 20.0. The normalized spacial score (nSPS) is 14.5. The predicted molar refractivity (Wildman–Crippen MR) is 123 cm³/mol. The molecule has 8 heteroatoms. The first kappa shape index (κ1) is 21.0. The zero-order chi connectivity index (χ0) is 23.3. The quantitative estimate of drug-likeness (QED) is 0.429. The predicted octanol–water partition coefficient (Wildman–Crippen LogP) is 4.06. The van der Waals surface area contributed by atoms with Crippen molar-refractivity contribution in [3.8, 4) is 11.1 Å². The van der Waals surface area contributed by atoms with Gasteiger partial charge >= 0.3 is 0 Å². The summed E-state index contributed by atoms with van der Waals surface area (Å²) in [6.07, 6.45) is 1.15. The largest absolute Gasteiger partial charge is 0.269 e. The Labute approximate surface area is 190 Å². The van der Waals surface area contributed by atoms with E-state index in [0.717, 1.165) is 11.6 Å². The third-order valence-electron chi connectivity index (χ3n) is 5.87. The van der Waals surface area contributed by atoms with Gasteiger partial charge in [0.15, 0.2) is 9.84 Å². The molecule has 164 valence electrons. The van der Waals surface area contributed by atoms with Crippen LogP contribution in [0.4, 0.5) is 0 Å². The number of benzene rings is 3. The van der Waals surface area contributed by atoms with E-state index in [9.17, 15) is 18.0 Å². The van der Waals surface area contributed by atoms with Crippen molar-refractivity contribution in [1.82, 2.24) is 15.1 Å². The van der Waals surface area contributed by atoms with Gasteiger partial charge < -0.3 is 0 Å². The molecule has 5 rings (SSSR count). The molecular formula is C25H19N3O4S. The molecule has 2 amide bonds. The molecule has 0 saturated heterocycles. The highest BCUT2D eigenvalue weighted by Gasteiger charge is 2.40. The number of rotatable bonds is 4. The topological polar surface area (TPSA) is 97.3 Å². The van der Waals surface area contributed by atoms with Crippen molar-refractivity contribution in [1.29, 1.82) is 0 Å². The molecule has 1 aliphatic heterocycles. The summed E-state index contributed by atoms with van der Waals surface area (Å²) in [6.45, 7) is 1.74. The molecule has 0 N–H and O–H groups in total. The minimum Gasteiger partial charge on any atom is -0.269 e. The van der Waals surface area contributed by atoms with Gasteiger partial charge in [0.1, 0.15) is 0 Å². The van der Waals surface area contributed by atoms with Crippen LogP contribution in [0.1, 0.15) is 39.4 Å². The van der Waals surface area contributed by atoms with Gasteiger partial charge in [0.2, 0.25) is 0 Å². The van der Waals surface area contributed by atoms with Crippen LogP contribution in [0.2, 0.25) is 0 Å². The molecule has 0 saturated carbocycles. The van der Waals surface area contributed by atoms with E-state index >= 15 is 0 Å². The number of aromatic nitrogens is 2. The Bertz CT molecular complexity index is 1510. The second-order valence-corrected chi connectivity index (χ2v) is 9.99. The summed E-state index contributed by atoms with van der Waals surface area (Å²) in [5.74, 6) is -0.757. The van der Waals surface area contributed by atoms with Crippen LogP contribution in [-0.2, 0) is 9.84 Å². The third-order valence-corrected chi connectivity index (χ3v) is 7.00. The van der Waals surface area contributed by atoms with E-state index in [2.05, 4.69) is 10.2 Å². The van der Waals surface area contributed by atoms with E-state index < -0.39 is 15.9 Å². The molecule has 0 fully saturated rings. The van der Waals surface area contributed by atoms with Gasteiger partial charge in [-0.25, -0.2) is 8.42 Å². The van der Waals surface area contributed by atoms with Gasteiger partial charge in [-0.15, -0.1) is 0 Å². The van der Waals surface area contributed by atoms with Crippen LogP contribution in [0.3, 0.4) is 0 Å². The summed E-state index contributed by atoms with van der Waals surface area (Å²) >= 11 is 0. The first-order valence-corrected chi connectivity index (χ1v) is 12.2. The van der Waals surface area contributed by atoms with Gasteiger partial charge in [0.25, 0.3) is 11.8 Å². The number of sulfone groups is 1. The van der Waals surface area contributed by atoms with E-state index in [4.69, 9.17) is 0 Å². The summed E-state index contributed by atoms with van der Waals surface area (Å²) < 4.78 is 23.8. The number of imide groups is 1. The summed E-state index contributed by atoms with van der Waals surface area (Å²) in [4.78, 5) is 27.6. The van der Waals surface area contributed by atoms with Crippen LogP contribution in [0.25, 0.3) is 22.0 Å². The van der Waals surface area contributed by atoms with E-state index in [-0.39, 0.29) is 16.7 Å². The Hall–Kier alpha value is -3.91. The maximum Gasteiger partial charge on any atom is 0.262 e. The summed E-state index contributed by atoms with van der Waals surface area (Å²) in [5.41, 5.74) is 3.24. The van der Waals surface area contributed by atoms with Gasteiger partial charge in [-0.2, -0.15) is 10.2 Å². The molecular weight excluding hydrogens is 438 g/mol. The fourth-order valence-electron chi connectivity index (χ4n) is 4.21. The molecule has 1 unspecified atom stereocenters. The van der Waals surface area contributed by atoms with Gasteiger partial charge in [-0.1, -0.05) is 42.5 Å². The van der Waals surface area contributed by atoms with E-state index in [1.54, 1.807) is 43.3 Å². The Morgan fingerprint density at radius 3 is 1.97 bits per heavy atom. The molecule has 0 aliphatic carbocycles. The molecule has 0 spiro atoms. The fraction of sp³-hybridized carbons (Fsp3) is 0.120. The first-order chi connectivity index (χ1) is 15.8. The lowest BCUT2D eigenvalue weighted by atomic mass is 9.96. The van der Waals surface area contributed by atoms with Crippen LogP contribution in [-0.4, -0.2) is 41.6 Å². The zero-order valence-electron chi connectivity index (χ0n) is 17.9. The molecule has 1 aromatic heterocycles. The van der Waals surface area contributed by atoms with Crippen molar-refractivity contribution in [2.75, 3.05) is 6.26 Å². The van der Waals surface area contributed by atoms with Gasteiger partial charge in [0, 0.05) is 17.2 Å². The maximum absolute atomic E-state index is 13.1. The molecule has 1 aliphatic rings. The molecule has 3 aromatic carbocycles. The SMILES string of the molecule is CC(c1nnc2ccccc2c1-c1ccc(S(C)(=O)=O)cc1)N1C(=O)c2ccccc2C1=O. The van der Waals surface area contributed by atoms with Crippen LogP contribution >= 0.6 is 0 Å². The lowest BCUT2D eigenvalue weighted by molar-refractivity contribution is 0.0592. The Balaban J connectivity index is 1.68. The Kier molecular flexibility index (Phi) is 4.83. The fourth-order valence-corrected chi connectivity index (χ4v) is 4.84. The van der Waals surface area contributed by atoms with E-state index in [0.29, 0.717) is 33.5 Å². The van der Waals surface area contributed by atoms with Gasteiger partial charge in [0.05, 0.1) is 33.3 Å². The number of hydrogen-bond acceptors (Lipinski definition) is 6. The lowest BCUT2D eigenvalue weighted by Gasteiger charge is -2.24. The van der Waals surface area contributed by atoms with Crippen LogP contribution < -0.4 is 0 Å². The summed E-state index contributed by atoms with van der Waals surface area (Å²) in [5, 5.41) is 9.53. The van der Waals surface area contributed by atoms with Gasteiger partial charge in [-0.05, 0) is 42.8 Å². The lowest BCUT2D eigenvalue weighted by Crippen LogP contribution is -2.33. The number of fused-ring (bicyclic) bond motifs is 2. The van der Waals surface area contributed by atoms with E-state index in [1.807, 2.05) is 24.3 Å². The molecule has 0 bridgehead atoms. The molecule has 7 nitrogen and oxygen atoms in total.